The van der Waals surface area contributed by atoms with Crippen molar-refractivity contribution in [3.05, 3.63) is 0 Å². The molecule has 1 aliphatic carbocycles. The highest BCUT2D eigenvalue weighted by molar-refractivity contribution is 5.76. The molecule has 6 heteroatoms. The average molecular weight is 286 g/mol. The van der Waals surface area contributed by atoms with Crippen molar-refractivity contribution < 1.29 is 19.4 Å². The Hall–Kier alpha value is -1.30. The number of hydrogen-bond donors (Lipinski definition) is 3. The van der Waals surface area contributed by atoms with E-state index in [0.29, 0.717) is 12.5 Å². The fraction of sp³-hybridized carbons (Fsp3) is 0.857. The summed E-state index contributed by atoms with van der Waals surface area (Å²) >= 11 is 0. The van der Waals surface area contributed by atoms with E-state index in [2.05, 4.69) is 17.6 Å². The Bertz CT molecular complexity index is 314. The molecule has 1 fully saturated rings. The van der Waals surface area contributed by atoms with Crippen LogP contribution in [-0.4, -0.2) is 43.4 Å². The van der Waals surface area contributed by atoms with E-state index in [1.807, 2.05) is 0 Å². The number of carbonyl (C=O) groups excluding carboxylic acids is 1. The highest BCUT2D eigenvalue weighted by Gasteiger charge is 2.19. The smallest absolute Gasteiger partial charge is 0.334 e. The zero-order valence-corrected chi connectivity index (χ0v) is 12.4. The number of hydrogen-bond acceptors (Lipinski definition) is 3. The van der Waals surface area contributed by atoms with Crippen molar-refractivity contribution in [1.82, 2.24) is 10.6 Å². The van der Waals surface area contributed by atoms with Crippen molar-refractivity contribution in [2.24, 2.45) is 11.8 Å². The van der Waals surface area contributed by atoms with Gasteiger partial charge in [0.05, 0.1) is 6.54 Å². The van der Waals surface area contributed by atoms with Crippen LogP contribution < -0.4 is 10.6 Å². The number of nitrogens with one attached hydrogen (secondary N) is 2. The number of urea groups is 1. The van der Waals surface area contributed by atoms with Crippen LogP contribution in [0.15, 0.2) is 0 Å². The van der Waals surface area contributed by atoms with Gasteiger partial charge in [-0.05, 0) is 18.3 Å². The maximum Gasteiger partial charge on any atom is 0.334 e. The van der Waals surface area contributed by atoms with E-state index in [9.17, 15) is 9.59 Å². The van der Waals surface area contributed by atoms with Crippen LogP contribution in [0.4, 0.5) is 4.79 Å². The van der Waals surface area contributed by atoms with Crippen LogP contribution in [0.25, 0.3) is 0 Å². The van der Waals surface area contributed by atoms with Crippen LogP contribution in [0.2, 0.25) is 0 Å². The molecule has 0 radical (unpaired) electrons. The molecule has 0 bridgehead atoms. The summed E-state index contributed by atoms with van der Waals surface area (Å²) in [7, 11) is 1.31. The Morgan fingerprint density at radius 3 is 2.45 bits per heavy atom. The molecule has 2 amide bonds. The topological polar surface area (TPSA) is 87.7 Å². The minimum atomic E-state index is -1.08. The number of rotatable bonds is 7. The summed E-state index contributed by atoms with van der Waals surface area (Å²) in [5.41, 5.74) is 0. The zero-order valence-electron chi connectivity index (χ0n) is 12.4. The van der Waals surface area contributed by atoms with E-state index in [1.165, 1.54) is 32.8 Å². The second-order valence-corrected chi connectivity index (χ2v) is 5.61. The zero-order chi connectivity index (χ0) is 15.0. The van der Waals surface area contributed by atoms with Crippen molar-refractivity contribution in [1.29, 1.82) is 0 Å². The summed E-state index contributed by atoms with van der Waals surface area (Å²) in [6.45, 7) is 2.89. The Morgan fingerprint density at radius 1 is 1.25 bits per heavy atom. The Balaban J connectivity index is 2.09. The molecule has 3 N–H and O–H groups in total. The molecule has 0 spiro atoms. The van der Waals surface area contributed by atoms with E-state index in [4.69, 9.17) is 9.84 Å². The Labute approximate surface area is 120 Å². The third-order valence-corrected chi connectivity index (χ3v) is 3.98. The van der Waals surface area contributed by atoms with Crippen molar-refractivity contribution in [2.45, 2.75) is 45.1 Å². The lowest BCUT2D eigenvalue weighted by Gasteiger charge is -2.26. The van der Waals surface area contributed by atoms with Crippen molar-refractivity contribution in [2.75, 3.05) is 20.2 Å². The number of carboxylic acid groups (broad SMARTS) is 1. The van der Waals surface area contributed by atoms with Crippen LogP contribution in [-0.2, 0) is 9.53 Å². The van der Waals surface area contributed by atoms with Crippen LogP contribution >= 0.6 is 0 Å². The van der Waals surface area contributed by atoms with Gasteiger partial charge in [0.1, 0.15) is 0 Å². The molecule has 1 unspecified atom stereocenters. The molecule has 1 atom stereocenters. The maximum atomic E-state index is 11.5. The first kappa shape index (κ1) is 16.8. The number of ether oxygens (including phenoxy) is 1. The van der Waals surface area contributed by atoms with E-state index < -0.39 is 12.1 Å². The Kier molecular flexibility index (Phi) is 7.36. The van der Waals surface area contributed by atoms with Gasteiger partial charge in [-0.1, -0.05) is 32.6 Å². The molecule has 1 rings (SSSR count). The van der Waals surface area contributed by atoms with E-state index >= 15 is 0 Å². The third kappa shape index (κ3) is 6.23. The molecule has 6 nitrogen and oxygen atoms in total. The van der Waals surface area contributed by atoms with Gasteiger partial charge in [0.15, 0.2) is 6.10 Å². The van der Waals surface area contributed by atoms with Crippen molar-refractivity contribution >= 4 is 12.0 Å². The summed E-state index contributed by atoms with van der Waals surface area (Å²) in [4.78, 5) is 22.2. The lowest BCUT2D eigenvalue weighted by atomic mass is 9.81. The predicted octanol–water partition coefficient (Wildman–Crippen LogP) is 1.60. The average Bonchev–Trinajstić information content (AvgIpc) is 2.41. The van der Waals surface area contributed by atoms with Crippen LogP contribution in [0.3, 0.4) is 0 Å². The van der Waals surface area contributed by atoms with Gasteiger partial charge < -0.3 is 20.5 Å². The molecule has 0 heterocycles. The molecule has 1 aliphatic rings. The highest BCUT2D eigenvalue weighted by Crippen LogP contribution is 2.29. The predicted molar refractivity (Wildman–Crippen MR) is 75.6 cm³/mol. The van der Waals surface area contributed by atoms with Gasteiger partial charge in [-0.25, -0.2) is 9.59 Å². The van der Waals surface area contributed by atoms with Gasteiger partial charge >= 0.3 is 12.0 Å². The molecule has 0 aromatic heterocycles. The standard InChI is InChI=1S/C14H26N2O4/c1-10-3-5-11(6-4-10)7-8-15-14(19)16-9-12(20-2)13(17)18/h10-12H,3-9H2,1-2H3,(H,17,18)(H2,15,16,19). The van der Waals surface area contributed by atoms with E-state index in [1.54, 1.807) is 0 Å². The lowest BCUT2D eigenvalue weighted by Crippen LogP contribution is -2.43. The first-order chi connectivity index (χ1) is 9.52. The molecule has 0 aromatic carbocycles. The minimum absolute atomic E-state index is 0.0292. The molecule has 116 valence electrons. The van der Waals surface area contributed by atoms with Gasteiger partial charge in [-0.2, -0.15) is 0 Å². The summed E-state index contributed by atoms with van der Waals surface area (Å²) < 4.78 is 4.73. The number of amides is 2. The number of carboxylic acids is 1. The molecule has 0 aromatic rings. The largest absolute Gasteiger partial charge is 0.479 e. The molecular weight excluding hydrogens is 260 g/mol. The van der Waals surface area contributed by atoms with Gasteiger partial charge in [-0.15, -0.1) is 0 Å². The highest BCUT2D eigenvalue weighted by atomic mass is 16.5. The summed E-state index contributed by atoms with van der Waals surface area (Å²) in [6.07, 6.45) is 5.05. The Morgan fingerprint density at radius 2 is 1.90 bits per heavy atom. The second-order valence-electron chi connectivity index (χ2n) is 5.61. The minimum Gasteiger partial charge on any atom is -0.479 e. The fourth-order valence-electron chi connectivity index (χ4n) is 2.53. The summed E-state index contributed by atoms with van der Waals surface area (Å²) in [6, 6.07) is -0.336. The number of methoxy groups -OCH3 is 1. The number of aliphatic carboxylic acids is 1. The van der Waals surface area contributed by atoms with Gasteiger partial charge in [0, 0.05) is 13.7 Å². The van der Waals surface area contributed by atoms with Crippen LogP contribution in [0.1, 0.15) is 39.0 Å². The van der Waals surface area contributed by atoms with E-state index in [-0.39, 0.29) is 12.6 Å². The second kappa shape index (κ2) is 8.79. The van der Waals surface area contributed by atoms with Crippen molar-refractivity contribution in [3.63, 3.8) is 0 Å². The maximum absolute atomic E-state index is 11.5. The van der Waals surface area contributed by atoms with Crippen LogP contribution in [0.5, 0.6) is 0 Å². The molecular formula is C14H26N2O4. The third-order valence-electron chi connectivity index (χ3n) is 3.98. The summed E-state index contributed by atoms with van der Waals surface area (Å²) in [5, 5.41) is 14.0. The monoisotopic (exact) mass is 286 g/mol. The fourth-order valence-corrected chi connectivity index (χ4v) is 2.53. The number of carbonyl (C=O) groups is 2. The molecule has 0 aliphatic heterocycles. The molecule has 0 saturated heterocycles. The lowest BCUT2D eigenvalue weighted by molar-refractivity contribution is -0.147. The van der Waals surface area contributed by atoms with E-state index in [0.717, 1.165) is 12.3 Å². The normalized spacial score (nSPS) is 23.9. The van der Waals surface area contributed by atoms with Gasteiger partial charge in [-0.3, -0.25) is 0 Å². The molecule has 1 saturated carbocycles. The quantitative estimate of drug-likeness (QED) is 0.663. The first-order valence-corrected chi connectivity index (χ1v) is 7.30. The van der Waals surface area contributed by atoms with Gasteiger partial charge in [0.25, 0.3) is 0 Å². The first-order valence-electron chi connectivity index (χ1n) is 7.30. The van der Waals surface area contributed by atoms with Crippen LogP contribution in [0, 0.1) is 11.8 Å². The van der Waals surface area contributed by atoms with Crippen molar-refractivity contribution in [3.8, 4) is 0 Å². The SMILES string of the molecule is COC(CNC(=O)NCCC1CCC(C)CC1)C(=O)O. The molecule has 20 heavy (non-hydrogen) atoms. The van der Waals surface area contributed by atoms with Gasteiger partial charge in [0.2, 0.25) is 0 Å². The summed E-state index contributed by atoms with van der Waals surface area (Å²) in [5.74, 6) is 0.464.